The molecule has 0 fully saturated rings. The van der Waals surface area contributed by atoms with Gasteiger partial charge in [-0.15, -0.1) is 0 Å². The molecule has 1 aromatic heterocycles. The number of benzene rings is 1. The van der Waals surface area contributed by atoms with Crippen LogP contribution in [0.1, 0.15) is 38.9 Å². The molecule has 2 aromatic rings. The van der Waals surface area contributed by atoms with Crippen LogP contribution in [0.15, 0.2) is 30.5 Å². The van der Waals surface area contributed by atoms with Gasteiger partial charge in [0.1, 0.15) is 11.6 Å². The number of aromatic amines is 1. The first kappa shape index (κ1) is 25.1. The Kier molecular flexibility index (Phi) is 9.25. The fraction of sp³-hybridized carbons (Fsp3) is 0.522. The zero-order valence-corrected chi connectivity index (χ0v) is 20.1. The number of hydrogen-bond donors (Lipinski definition) is 3. The molecule has 0 aliphatic heterocycles. The van der Waals surface area contributed by atoms with Crippen molar-refractivity contribution in [3.63, 3.8) is 0 Å². The number of nitrogens with one attached hydrogen (secondary N) is 3. The molecule has 1 unspecified atom stereocenters. The van der Waals surface area contributed by atoms with Gasteiger partial charge >= 0.3 is 6.09 Å². The van der Waals surface area contributed by atoms with Crippen molar-refractivity contribution in [2.75, 3.05) is 19.7 Å². The number of amides is 1. The minimum absolute atomic E-state index is 0.0282. The van der Waals surface area contributed by atoms with Gasteiger partial charge in [-0.3, -0.25) is 0 Å². The first-order valence-electron chi connectivity index (χ1n) is 10.6. The van der Waals surface area contributed by atoms with E-state index in [9.17, 15) is 13.6 Å². The topological polar surface area (TPSA) is 66.2 Å². The molecule has 1 atom stereocenters. The van der Waals surface area contributed by atoms with E-state index in [1.54, 1.807) is 6.20 Å². The maximum atomic E-state index is 14.1. The summed E-state index contributed by atoms with van der Waals surface area (Å²) in [6, 6.07) is 6.23. The Labute approximate surface area is 185 Å². The van der Waals surface area contributed by atoms with Crippen molar-refractivity contribution < 1.29 is 18.3 Å². The zero-order valence-electron chi connectivity index (χ0n) is 19.1. The van der Waals surface area contributed by atoms with E-state index >= 15 is 0 Å². The molecule has 0 bridgehead atoms. The monoisotopic (exact) mass is 450 g/mol. The molecule has 8 heteroatoms. The van der Waals surface area contributed by atoms with Crippen molar-refractivity contribution >= 4 is 14.9 Å². The third-order valence-electron chi connectivity index (χ3n) is 4.93. The molecule has 1 amide bonds. The minimum atomic E-state index is -0.471. The predicted molar refractivity (Wildman–Crippen MR) is 123 cm³/mol. The van der Waals surface area contributed by atoms with Gasteiger partial charge in [0.15, 0.2) is 0 Å². The van der Waals surface area contributed by atoms with Crippen LogP contribution in [0.25, 0.3) is 11.1 Å². The molecule has 1 radical (unpaired) electrons. The number of hydrogen-bond acceptors (Lipinski definition) is 3. The van der Waals surface area contributed by atoms with Gasteiger partial charge in [-0.2, -0.15) is 0 Å². The van der Waals surface area contributed by atoms with Gasteiger partial charge in [-0.05, 0) is 48.7 Å². The summed E-state index contributed by atoms with van der Waals surface area (Å²) < 4.78 is 32.8. The lowest BCUT2D eigenvalue weighted by Gasteiger charge is -2.31. The maximum Gasteiger partial charge on any atom is 0.407 e. The highest BCUT2D eigenvalue weighted by Gasteiger charge is 2.27. The molecular weight excluding hydrogens is 416 g/mol. The maximum absolute atomic E-state index is 14.1. The summed E-state index contributed by atoms with van der Waals surface area (Å²) in [5, 5.41) is 6.28. The Morgan fingerprint density at radius 2 is 1.94 bits per heavy atom. The predicted octanol–water partition coefficient (Wildman–Crippen LogP) is 5.51. The van der Waals surface area contributed by atoms with Gasteiger partial charge in [-0.25, -0.2) is 13.6 Å². The SMILES string of the molecule is C[Si](C)CCOC(=O)NCCCNC(c1cc(-c2cc(F)ccc2F)c[nH]1)C(C)(C)C. The number of ether oxygens (including phenoxy) is 1. The van der Waals surface area contributed by atoms with Crippen molar-refractivity contribution in [1.29, 1.82) is 0 Å². The van der Waals surface area contributed by atoms with Crippen LogP contribution in [0.4, 0.5) is 13.6 Å². The number of carbonyl (C=O) groups excluding carboxylic acids is 1. The molecule has 3 N–H and O–H groups in total. The lowest BCUT2D eigenvalue weighted by Crippen LogP contribution is -2.35. The molecule has 0 aliphatic carbocycles. The normalized spacial score (nSPS) is 12.8. The summed E-state index contributed by atoms with van der Waals surface area (Å²) in [6.07, 6.45) is 2.07. The first-order chi connectivity index (χ1) is 14.6. The van der Waals surface area contributed by atoms with Crippen molar-refractivity contribution in [2.24, 2.45) is 5.41 Å². The van der Waals surface area contributed by atoms with Crippen LogP contribution in [-0.2, 0) is 4.74 Å². The molecule has 0 spiro atoms. The lowest BCUT2D eigenvalue weighted by molar-refractivity contribution is 0.151. The van der Waals surface area contributed by atoms with Gasteiger partial charge in [0.25, 0.3) is 0 Å². The molecule has 2 rings (SSSR count). The quantitative estimate of drug-likeness (QED) is 0.330. The standard InChI is InChI=1S/C23H34F2N3O2Si/c1-23(2,3)21(26-9-6-10-27-22(29)30-11-12-31(4)5)20-13-16(15-28-20)18-14-17(24)7-8-19(18)25/h7-8,13-15,21,26,28H,6,9-12H2,1-5H3,(H,27,29). The third-order valence-corrected chi connectivity index (χ3v) is 6.13. The summed E-state index contributed by atoms with van der Waals surface area (Å²) >= 11 is 0. The average Bonchev–Trinajstić information content (AvgIpc) is 3.14. The Bertz CT molecular complexity index is 850. The minimum Gasteiger partial charge on any atom is -0.450 e. The average molecular weight is 451 g/mol. The Balaban J connectivity index is 1.90. The van der Waals surface area contributed by atoms with E-state index in [1.807, 2.05) is 6.07 Å². The summed E-state index contributed by atoms with van der Waals surface area (Å²) in [7, 11) is -0.386. The molecule has 31 heavy (non-hydrogen) atoms. The van der Waals surface area contributed by atoms with Crippen LogP contribution in [0.3, 0.4) is 0 Å². The van der Waals surface area contributed by atoms with Gasteiger partial charge in [0, 0.05) is 38.4 Å². The van der Waals surface area contributed by atoms with Gasteiger partial charge < -0.3 is 20.4 Å². The summed E-state index contributed by atoms with van der Waals surface area (Å²) in [5.41, 5.74) is 1.62. The lowest BCUT2D eigenvalue weighted by atomic mass is 9.84. The Morgan fingerprint density at radius 3 is 2.61 bits per heavy atom. The highest BCUT2D eigenvalue weighted by atomic mass is 28.3. The molecule has 0 saturated carbocycles. The van der Waals surface area contributed by atoms with E-state index in [0.29, 0.717) is 25.3 Å². The van der Waals surface area contributed by atoms with Crippen LogP contribution in [0.2, 0.25) is 19.1 Å². The van der Waals surface area contributed by atoms with Crippen molar-refractivity contribution in [3.05, 3.63) is 47.8 Å². The Morgan fingerprint density at radius 1 is 1.19 bits per heavy atom. The van der Waals surface area contributed by atoms with E-state index in [-0.39, 0.29) is 31.9 Å². The number of rotatable bonds is 10. The number of alkyl carbamates (subject to hydrolysis) is 1. The number of H-pyrrole nitrogens is 1. The second-order valence-corrected chi connectivity index (χ2v) is 12.0. The fourth-order valence-electron chi connectivity index (χ4n) is 3.26. The van der Waals surface area contributed by atoms with E-state index in [0.717, 1.165) is 30.3 Å². The van der Waals surface area contributed by atoms with E-state index in [2.05, 4.69) is 49.5 Å². The highest BCUT2D eigenvalue weighted by Crippen LogP contribution is 2.34. The zero-order chi connectivity index (χ0) is 23.0. The van der Waals surface area contributed by atoms with Crippen LogP contribution < -0.4 is 10.6 Å². The second-order valence-electron chi connectivity index (χ2n) is 9.09. The molecule has 171 valence electrons. The number of halogens is 2. The number of aromatic nitrogens is 1. The van der Waals surface area contributed by atoms with Crippen LogP contribution in [0.5, 0.6) is 0 Å². The molecule has 0 saturated heterocycles. The Hall–Kier alpha value is -2.19. The molecular formula is C23H34F2N3O2Si. The van der Waals surface area contributed by atoms with Gasteiger partial charge in [0.2, 0.25) is 0 Å². The molecule has 1 aromatic carbocycles. The molecule has 5 nitrogen and oxygen atoms in total. The van der Waals surface area contributed by atoms with E-state index in [1.165, 1.54) is 6.07 Å². The van der Waals surface area contributed by atoms with Crippen LogP contribution in [-0.4, -0.2) is 39.6 Å². The smallest absolute Gasteiger partial charge is 0.407 e. The van der Waals surface area contributed by atoms with Gasteiger partial charge in [0.05, 0.1) is 12.6 Å². The van der Waals surface area contributed by atoms with Crippen molar-refractivity contribution in [3.8, 4) is 11.1 Å². The van der Waals surface area contributed by atoms with E-state index < -0.39 is 11.6 Å². The van der Waals surface area contributed by atoms with Crippen LogP contribution >= 0.6 is 0 Å². The van der Waals surface area contributed by atoms with E-state index in [4.69, 9.17) is 4.74 Å². The summed E-state index contributed by atoms with van der Waals surface area (Å²) in [4.78, 5) is 14.9. The third kappa shape index (κ3) is 8.10. The van der Waals surface area contributed by atoms with Crippen molar-refractivity contribution in [2.45, 2.75) is 52.4 Å². The second kappa shape index (κ2) is 11.4. The highest BCUT2D eigenvalue weighted by molar-refractivity contribution is 6.55. The molecule has 0 aliphatic rings. The van der Waals surface area contributed by atoms with Crippen LogP contribution in [0, 0.1) is 17.0 Å². The van der Waals surface area contributed by atoms with Crippen molar-refractivity contribution in [1.82, 2.24) is 15.6 Å². The largest absolute Gasteiger partial charge is 0.450 e. The molecule has 1 heterocycles. The van der Waals surface area contributed by atoms with Gasteiger partial charge in [-0.1, -0.05) is 33.9 Å². The summed E-state index contributed by atoms with van der Waals surface area (Å²) in [6.45, 7) is 12.4. The number of carbonyl (C=O) groups is 1. The fourth-order valence-corrected chi connectivity index (χ4v) is 3.77. The first-order valence-corrected chi connectivity index (χ1v) is 13.4. The summed E-state index contributed by atoms with van der Waals surface area (Å²) in [5.74, 6) is -0.929.